The molecule has 2 aromatic rings. The molecule has 0 aromatic heterocycles. The Kier molecular flexibility index (Phi) is 10.7. The van der Waals surface area contributed by atoms with Crippen LogP contribution in [0.2, 0.25) is 0 Å². The van der Waals surface area contributed by atoms with Crippen molar-refractivity contribution >= 4 is 27.7 Å². The lowest BCUT2D eigenvalue weighted by atomic mass is 10.1. The SMILES string of the molecule is CCCCNC(=O)[C@H](CC)N(Cc1ccccc1)C(=O)CN(c1ccc(F)cc1)S(=O)(=O)N(C)C. The minimum absolute atomic E-state index is 0.138. The highest BCUT2D eigenvalue weighted by molar-refractivity contribution is 7.90. The Hall–Kier alpha value is -2.98. The maximum atomic E-state index is 13.6. The molecule has 0 aliphatic rings. The predicted octanol–water partition coefficient (Wildman–Crippen LogP) is 3.16. The van der Waals surface area contributed by atoms with Gasteiger partial charge >= 0.3 is 10.2 Å². The molecular formula is C25H35FN4O4S. The summed E-state index contributed by atoms with van der Waals surface area (Å²) < 4.78 is 41.6. The van der Waals surface area contributed by atoms with Gasteiger partial charge in [-0.05, 0) is 42.7 Å². The fraction of sp³-hybridized carbons (Fsp3) is 0.440. The maximum Gasteiger partial charge on any atom is 0.304 e. The van der Waals surface area contributed by atoms with Gasteiger partial charge < -0.3 is 10.2 Å². The van der Waals surface area contributed by atoms with Crippen LogP contribution in [0, 0.1) is 5.82 Å². The molecule has 1 N–H and O–H groups in total. The van der Waals surface area contributed by atoms with E-state index in [0.717, 1.165) is 39.1 Å². The van der Waals surface area contributed by atoms with Crippen LogP contribution in [0.5, 0.6) is 0 Å². The van der Waals surface area contributed by atoms with E-state index in [1.165, 1.54) is 31.1 Å². The quantitative estimate of drug-likeness (QED) is 0.423. The van der Waals surface area contributed by atoms with Crippen LogP contribution in [0.4, 0.5) is 10.1 Å². The molecule has 2 aromatic carbocycles. The zero-order valence-electron chi connectivity index (χ0n) is 20.8. The fourth-order valence-corrected chi connectivity index (χ4v) is 4.59. The van der Waals surface area contributed by atoms with Crippen molar-refractivity contribution in [3.63, 3.8) is 0 Å². The van der Waals surface area contributed by atoms with Crippen molar-refractivity contribution in [1.82, 2.24) is 14.5 Å². The van der Waals surface area contributed by atoms with Crippen molar-refractivity contribution < 1.29 is 22.4 Å². The highest BCUT2D eigenvalue weighted by Gasteiger charge is 2.33. The van der Waals surface area contributed by atoms with Crippen LogP contribution >= 0.6 is 0 Å². The molecule has 0 saturated heterocycles. The third-order valence-corrected chi connectivity index (χ3v) is 7.36. The van der Waals surface area contributed by atoms with Crippen LogP contribution in [0.25, 0.3) is 0 Å². The zero-order chi connectivity index (χ0) is 26.0. The van der Waals surface area contributed by atoms with E-state index in [9.17, 15) is 22.4 Å². The smallest absolute Gasteiger partial charge is 0.304 e. The molecule has 0 radical (unpaired) electrons. The minimum Gasteiger partial charge on any atom is -0.354 e. The van der Waals surface area contributed by atoms with Crippen LogP contribution in [-0.4, -0.2) is 62.7 Å². The standard InChI is InChI=1S/C25H35FN4O4S/c1-5-7-17-27-25(32)23(6-2)29(18-20-11-9-8-10-12-20)24(31)19-30(35(33,34)28(3)4)22-15-13-21(26)14-16-22/h8-16,23H,5-7,17-19H2,1-4H3,(H,27,32)/t23-/m0/s1. The fourth-order valence-electron chi connectivity index (χ4n) is 3.53. The Morgan fingerprint density at radius 3 is 2.17 bits per heavy atom. The van der Waals surface area contributed by atoms with E-state index in [0.29, 0.717) is 13.0 Å². The van der Waals surface area contributed by atoms with E-state index in [4.69, 9.17) is 0 Å². The largest absolute Gasteiger partial charge is 0.354 e. The molecule has 0 unspecified atom stereocenters. The highest BCUT2D eigenvalue weighted by atomic mass is 32.2. The lowest BCUT2D eigenvalue weighted by molar-refractivity contribution is -0.140. The molecule has 1 atom stereocenters. The lowest BCUT2D eigenvalue weighted by Crippen LogP contribution is -2.53. The van der Waals surface area contributed by atoms with Crippen molar-refractivity contribution in [3.8, 4) is 0 Å². The Labute approximate surface area is 207 Å². The minimum atomic E-state index is -4.08. The van der Waals surface area contributed by atoms with Gasteiger partial charge in [-0.2, -0.15) is 12.7 Å². The van der Waals surface area contributed by atoms with E-state index < -0.39 is 34.5 Å². The molecule has 0 heterocycles. The van der Waals surface area contributed by atoms with Crippen molar-refractivity contribution in [2.45, 2.75) is 45.7 Å². The molecule has 0 saturated carbocycles. The van der Waals surface area contributed by atoms with Gasteiger partial charge in [-0.3, -0.25) is 9.59 Å². The average molecular weight is 507 g/mol. The molecule has 192 valence electrons. The average Bonchev–Trinajstić information content (AvgIpc) is 2.83. The second-order valence-corrected chi connectivity index (χ2v) is 10.4. The van der Waals surface area contributed by atoms with Crippen LogP contribution < -0.4 is 9.62 Å². The first kappa shape index (κ1) is 28.3. The van der Waals surface area contributed by atoms with E-state index in [1.807, 2.05) is 44.2 Å². The Bertz CT molecular complexity index is 1060. The summed E-state index contributed by atoms with van der Waals surface area (Å²) in [6.07, 6.45) is 2.08. The predicted molar refractivity (Wildman–Crippen MR) is 135 cm³/mol. The third-order valence-electron chi connectivity index (χ3n) is 5.54. The van der Waals surface area contributed by atoms with E-state index >= 15 is 0 Å². The van der Waals surface area contributed by atoms with Crippen LogP contribution in [-0.2, 0) is 26.3 Å². The van der Waals surface area contributed by atoms with E-state index in [2.05, 4.69) is 5.32 Å². The van der Waals surface area contributed by atoms with Gasteiger partial charge in [0.15, 0.2) is 0 Å². The monoisotopic (exact) mass is 506 g/mol. The van der Waals surface area contributed by atoms with Gasteiger partial charge in [0.05, 0.1) is 5.69 Å². The number of hydrogen-bond donors (Lipinski definition) is 1. The molecule has 2 amide bonds. The number of unbranched alkanes of at least 4 members (excludes halogenated alkanes) is 1. The third kappa shape index (κ3) is 7.76. The summed E-state index contributed by atoms with van der Waals surface area (Å²) in [6, 6.07) is 13.3. The maximum absolute atomic E-state index is 13.6. The van der Waals surface area contributed by atoms with E-state index in [-0.39, 0.29) is 18.1 Å². The van der Waals surface area contributed by atoms with Crippen LogP contribution in [0.15, 0.2) is 54.6 Å². The topological polar surface area (TPSA) is 90.0 Å². The second-order valence-electron chi connectivity index (χ2n) is 8.35. The summed E-state index contributed by atoms with van der Waals surface area (Å²) in [5.74, 6) is -1.35. The molecule has 0 aliphatic heterocycles. The second kappa shape index (κ2) is 13.2. The van der Waals surface area contributed by atoms with Gasteiger partial charge in [-0.1, -0.05) is 50.6 Å². The molecular weight excluding hydrogens is 471 g/mol. The highest BCUT2D eigenvalue weighted by Crippen LogP contribution is 2.21. The van der Waals surface area contributed by atoms with Crippen molar-refractivity contribution in [1.29, 1.82) is 0 Å². The first-order valence-electron chi connectivity index (χ1n) is 11.7. The van der Waals surface area contributed by atoms with Gasteiger partial charge in [0, 0.05) is 27.2 Å². The van der Waals surface area contributed by atoms with Gasteiger partial charge in [-0.25, -0.2) is 8.70 Å². The molecule has 0 aliphatic carbocycles. The first-order valence-corrected chi connectivity index (χ1v) is 13.1. The molecule has 10 heteroatoms. The molecule has 8 nitrogen and oxygen atoms in total. The summed E-state index contributed by atoms with van der Waals surface area (Å²) in [6.45, 7) is 3.92. The summed E-state index contributed by atoms with van der Waals surface area (Å²) >= 11 is 0. The lowest BCUT2D eigenvalue weighted by Gasteiger charge is -2.34. The number of halogens is 1. The first-order chi connectivity index (χ1) is 16.6. The Morgan fingerprint density at radius 1 is 1.00 bits per heavy atom. The van der Waals surface area contributed by atoms with Crippen LogP contribution in [0.3, 0.4) is 0 Å². The summed E-state index contributed by atoms with van der Waals surface area (Å²) in [5.41, 5.74) is 0.956. The number of hydrogen-bond acceptors (Lipinski definition) is 4. The number of anilines is 1. The van der Waals surface area contributed by atoms with E-state index in [1.54, 1.807) is 0 Å². The van der Waals surface area contributed by atoms with Gasteiger partial charge in [0.2, 0.25) is 11.8 Å². The van der Waals surface area contributed by atoms with Crippen molar-refractivity contribution in [2.75, 3.05) is 31.5 Å². The number of rotatable bonds is 13. The number of carbonyl (C=O) groups is 2. The van der Waals surface area contributed by atoms with Crippen molar-refractivity contribution in [2.24, 2.45) is 0 Å². The Morgan fingerprint density at radius 2 is 1.63 bits per heavy atom. The Balaban J connectivity index is 2.43. The molecule has 0 bridgehead atoms. The number of carbonyl (C=O) groups excluding carboxylic acids is 2. The van der Waals surface area contributed by atoms with Crippen molar-refractivity contribution in [3.05, 3.63) is 66.0 Å². The van der Waals surface area contributed by atoms with Crippen LogP contribution in [0.1, 0.15) is 38.7 Å². The molecule has 0 spiro atoms. The molecule has 2 rings (SSSR count). The zero-order valence-corrected chi connectivity index (χ0v) is 21.6. The number of nitrogens with one attached hydrogen (secondary N) is 1. The van der Waals surface area contributed by atoms with Gasteiger partial charge in [0.25, 0.3) is 0 Å². The number of benzene rings is 2. The molecule has 35 heavy (non-hydrogen) atoms. The van der Waals surface area contributed by atoms with Gasteiger partial charge in [0.1, 0.15) is 18.4 Å². The van der Waals surface area contributed by atoms with Gasteiger partial charge in [-0.15, -0.1) is 0 Å². The number of nitrogens with zero attached hydrogens (tertiary/aromatic N) is 3. The molecule has 0 fully saturated rings. The summed E-state index contributed by atoms with van der Waals surface area (Å²) in [7, 11) is -1.37. The number of amides is 2. The normalized spacial score (nSPS) is 12.3. The summed E-state index contributed by atoms with van der Waals surface area (Å²) in [4.78, 5) is 28.1. The summed E-state index contributed by atoms with van der Waals surface area (Å²) in [5, 5.41) is 2.88.